The van der Waals surface area contributed by atoms with Gasteiger partial charge in [-0.2, -0.15) is 0 Å². The van der Waals surface area contributed by atoms with Gasteiger partial charge < -0.3 is 10.5 Å². The molecule has 0 fully saturated rings. The Morgan fingerprint density at radius 3 is 2.89 bits per heavy atom. The van der Waals surface area contributed by atoms with Crippen molar-refractivity contribution in [1.29, 1.82) is 0 Å². The van der Waals surface area contributed by atoms with Gasteiger partial charge in [-0.05, 0) is 36.6 Å². The molecule has 1 aliphatic heterocycles. The van der Waals surface area contributed by atoms with Crippen LogP contribution in [0.3, 0.4) is 0 Å². The van der Waals surface area contributed by atoms with Gasteiger partial charge in [0.25, 0.3) is 0 Å². The summed E-state index contributed by atoms with van der Waals surface area (Å²) in [6.07, 6.45) is 2.84. The molecule has 0 bridgehead atoms. The van der Waals surface area contributed by atoms with E-state index >= 15 is 0 Å². The van der Waals surface area contributed by atoms with Gasteiger partial charge in [0.15, 0.2) is 0 Å². The summed E-state index contributed by atoms with van der Waals surface area (Å²) in [5.74, 6) is 1.27. The molecule has 3 heteroatoms. The van der Waals surface area contributed by atoms with Crippen LogP contribution in [0.25, 0.3) is 0 Å². The van der Waals surface area contributed by atoms with Crippen molar-refractivity contribution in [2.45, 2.75) is 25.3 Å². The fourth-order valence-corrected chi connectivity index (χ4v) is 2.65. The number of hydrogen-bond donors (Lipinski definition) is 1. The largest absolute Gasteiger partial charge is 0.493 e. The lowest BCUT2D eigenvalue weighted by molar-refractivity contribution is 0.255. The molecule has 3 nitrogen and oxygen atoms in total. The molecule has 1 aliphatic rings. The summed E-state index contributed by atoms with van der Waals surface area (Å²) in [5.41, 5.74) is 9.76. The normalized spacial score (nSPS) is 19.4. The van der Waals surface area contributed by atoms with E-state index in [1.54, 1.807) is 0 Å². The zero-order valence-electron chi connectivity index (χ0n) is 11.0. The average Bonchev–Trinajstić information content (AvgIpc) is 2.47. The maximum atomic E-state index is 6.44. The lowest BCUT2D eigenvalue weighted by Gasteiger charge is -2.30. The summed E-state index contributed by atoms with van der Waals surface area (Å²) in [4.78, 5) is 4.34. The number of benzene rings is 1. The average molecular weight is 254 g/mol. The van der Waals surface area contributed by atoms with Crippen molar-refractivity contribution >= 4 is 0 Å². The van der Waals surface area contributed by atoms with E-state index in [1.165, 1.54) is 5.56 Å². The monoisotopic (exact) mass is 254 g/mol. The molecular formula is C16H18N2O. The van der Waals surface area contributed by atoms with Gasteiger partial charge in [-0.15, -0.1) is 0 Å². The molecule has 0 amide bonds. The summed E-state index contributed by atoms with van der Waals surface area (Å²) in [5, 5.41) is 0. The third kappa shape index (κ3) is 2.34. The fraction of sp³-hybridized carbons (Fsp3) is 0.312. The van der Waals surface area contributed by atoms with Gasteiger partial charge in [-0.25, -0.2) is 0 Å². The summed E-state index contributed by atoms with van der Waals surface area (Å²) in [6, 6.07) is 12.2. The Hall–Kier alpha value is -1.87. The first-order valence-electron chi connectivity index (χ1n) is 6.65. The second kappa shape index (κ2) is 5.02. The Morgan fingerprint density at radius 2 is 2.11 bits per heavy atom. The van der Waals surface area contributed by atoms with Crippen LogP contribution in [-0.4, -0.2) is 11.6 Å². The zero-order valence-corrected chi connectivity index (χ0v) is 11.0. The van der Waals surface area contributed by atoms with Crippen LogP contribution in [0.1, 0.15) is 35.2 Å². The highest BCUT2D eigenvalue weighted by atomic mass is 16.5. The van der Waals surface area contributed by atoms with Crippen LogP contribution in [-0.2, 0) is 0 Å². The molecule has 0 spiro atoms. The van der Waals surface area contributed by atoms with E-state index in [4.69, 9.17) is 10.5 Å². The van der Waals surface area contributed by atoms with Crippen LogP contribution >= 0.6 is 0 Å². The predicted molar refractivity (Wildman–Crippen MR) is 75.2 cm³/mol. The molecule has 2 N–H and O–H groups in total. The van der Waals surface area contributed by atoms with E-state index in [0.717, 1.165) is 30.0 Å². The topological polar surface area (TPSA) is 48.1 Å². The molecule has 0 radical (unpaired) electrons. The first-order chi connectivity index (χ1) is 9.25. The molecule has 0 aliphatic carbocycles. The summed E-state index contributed by atoms with van der Waals surface area (Å²) < 4.78 is 5.69. The molecule has 2 unspecified atom stereocenters. The zero-order chi connectivity index (χ0) is 13.2. The van der Waals surface area contributed by atoms with E-state index in [2.05, 4.69) is 17.1 Å². The van der Waals surface area contributed by atoms with Crippen molar-refractivity contribution in [2.24, 2.45) is 5.73 Å². The van der Waals surface area contributed by atoms with Crippen molar-refractivity contribution in [3.63, 3.8) is 0 Å². The number of para-hydroxylation sites is 1. The van der Waals surface area contributed by atoms with Gasteiger partial charge in [0.1, 0.15) is 5.75 Å². The first-order valence-corrected chi connectivity index (χ1v) is 6.65. The van der Waals surface area contributed by atoms with Gasteiger partial charge in [0.2, 0.25) is 0 Å². The van der Waals surface area contributed by atoms with E-state index in [9.17, 15) is 0 Å². The van der Waals surface area contributed by atoms with Gasteiger partial charge in [0, 0.05) is 23.9 Å². The standard InChI is InChI=1S/C16H18N2O/c1-11-6-7-12(10-18-11)16(17)14-8-9-19-15-5-3-2-4-13(14)15/h2-7,10,14,16H,8-9,17H2,1H3. The maximum Gasteiger partial charge on any atom is 0.122 e. The Balaban J connectivity index is 1.92. The van der Waals surface area contributed by atoms with Crippen molar-refractivity contribution in [3.05, 3.63) is 59.4 Å². The number of nitrogens with zero attached hydrogens (tertiary/aromatic N) is 1. The molecule has 2 atom stereocenters. The summed E-state index contributed by atoms with van der Waals surface area (Å²) in [7, 11) is 0. The van der Waals surface area contributed by atoms with Gasteiger partial charge in [-0.1, -0.05) is 24.3 Å². The number of ether oxygens (including phenoxy) is 1. The number of fused-ring (bicyclic) bond motifs is 1. The molecule has 0 saturated heterocycles. The highest BCUT2D eigenvalue weighted by Crippen LogP contribution is 2.39. The lowest BCUT2D eigenvalue weighted by Crippen LogP contribution is -2.25. The quantitative estimate of drug-likeness (QED) is 0.896. The van der Waals surface area contributed by atoms with Crippen LogP contribution in [0, 0.1) is 6.92 Å². The molecule has 19 heavy (non-hydrogen) atoms. The van der Waals surface area contributed by atoms with Gasteiger partial charge in [0.05, 0.1) is 6.61 Å². The number of hydrogen-bond acceptors (Lipinski definition) is 3. The smallest absolute Gasteiger partial charge is 0.122 e. The van der Waals surface area contributed by atoms with E-state index < -0.39 is 0 Å². The van der Waals surface area contributed by atoms with Crippen molar-refractivity contribution in [1.82, 2.24) is 4.98 Å². The second-order valence-corrected chi connectivity index (χ2v) is 5.04. The third-order valence-electron chi connectivity index (χ3n) is 3.76. The number of pyridine rings is 1. The molecule has 0 saturated carbocycles. The van der Waals surface area contributed by atoms with Crippen molar-refractivity contribution < 1.29 is 4.74 Å². The Bertz CT molecular complexity index is 565. The number of aryl methyl sites for hydroxylation is 1. The molecule has 3 rings (SSSR count). The van der Waals surface area contributed by atoms with Crippen LogP contribution in [0.4, 0.5) is 0 Å². The van der Waals surface area contributed by atoms with E-state index in [-0.39, 0.29) is 6.04 Å². The Morgan fingerprint density at radius 1 is 1.26 bits per heavy atom. The van der Waals surface area contributed by atoms with Gasteiger partial charge in [-0.3, -0.25) is 4.98 Å². The minimum Gasteiger partial charge on any atom is -0.493 e. The SMILES string of the molecule is Cc1ccc(C(N)C2CCOc3ccccc32)cn1. The fourth-order valence-electron chi connectivity index (χ4n) is 2.65. The first kappa shape index (κ1) is 12.2. The number of aromatic nitrogens is 1. The minimum absolute atomic E-state index is 0.0295. The maximum absolute atomic E-state index is 6.44. The Kier molecular flexibility index (Phi) is 3.22. The van der Waals surface area contributed by atoms with Crippen LogP contribution in [0.15, 0.2) is 42.6 Å². The second-order valence-electron chi connectivity index (χ2n) is 5.04. The molecule has 98 valence electrons. The molecule has 1 aromatic heterocycles. The summed E-state index contributed by atoms with van der Waals surface area (Å²) >= 11 is 0. The van der Waals surface area contributed by atoms with Crippen LogP contribution < -0.4 is 10.5 Å². The van der Waals surface area contributed by atoms with Crippen molar-refractivity contribution in [2.75, 3.05) is 6.61 Å². The third-order valence-corrected chi connectivity index (χ3v) is 3.76. The molecule has 2 heterocycles. The number of rotatable bonds is 2. The Labute approximate surface area is 113 Å². The molecular weight excluding hydrogens is 236 g/mol. The van der Waals surface area contributed by atoms with Crippen LogP contribution in [0.2, 0.25) is 0 Å². The lowest BCUT2D eigenvalue weighted by atomic mass is 9.84. The number of nitrogens with two attached hydrogens (primary N) is 1. The molecule has 2 aromatic rings. The minimum atomic E-state index is -0.0295. The summed E-state index contributed by atoms with van der Waals surface area (Å²) in [6.45, 7) is 2.72. The van der Waals surface area contributed by atoms with E-state index in [0.29, 0.717) is 5.92 Å². The van der Waals surface area contributed by atoms with Crippen LogP contribution in [0.5, 0.6) is 5.75 Å². The van der Waals surface area contributed by atoms with Crippen molar-refractivity contribution in [3.8, 4) is 5.75 Å². The highest BCUT2D eigenvalue weighted by molar-refractivity contribution is 5.40. The predicted octanol–water partition coefficient (Wildman–Crippen LogP) is 2.96. The highest BCUT2D eigenvalue weighted by Gasteiger charge is 2.27. The van der Waals surface area contributed by atoms with E-state index in [1.807, 2.05) is 37.4 Å². The van der Waals surface area contributed by atoms with Gasteiger partial charge >= 0.3 is 0 Å². The molecule has 1 aromatic carbocycles.